The quantitative estimate of drug-likeness (QED) is 0.547. The minimum atomic E-state index is -0.561. The lowest BCUT2D eigenvalue weighted by Gasteiger charge is -2.19. The van der Waals surface area contributed by atoms with Crippen LogP contribution >= 0.6 is 0 Å². The Morgan fingerprint density at radius 3 is 2.47 bits per heavy atom. The maximum absolute atomic E-state index is 9.48. The van der Waals surface area contributed by atoms with Crippen LogP contribution in [0.5, 0.6) is 0 Å². The highest BCUT2D eigenvalue weighted by molar-refractivity contribution is 4.66. The van der Waals surface area contributed by atoms with Gasteiger partial charge in [0, 0.05) is 26.7 Å². The molecule has 2 N–H and O–H groups in total. The number of ether oxygens (including phenoxy) is 1. The molecule has 4 nitrogen and oxygen atoms in total. The van der Waals surface area contributed by atoms with Crippen molar-refractivity contribution in [3.8, 4) is 0 Å². The smallest absolute Gasteiger partial charge is 0.0603 e. The molecule has 0 atom stereocenters. The molecular formula is C11H26N2O2. The molecule has 0 aliphatic rings. The molecule has 92 valence electrons. The zero-order chi connectivity index (χ0) is 11.7. The second-order valence-corrected chi connectivity index (χ2v) is 4.61. The highest BCUT2D eigenvalue weighted by Gasteiger charge is 2.10. The van der Waals surface area contributed by atoms with Crippen molar-refractivity contribution in [1.29, 1.82) is 0 Å². The first-order valence-corrected chi connectivity index (χ1v) is 5.56. The van der Waals surface area contributed by atoms with E-state index in [1.54, 1.807) is 7.11 Å². The lowest BCUT2D eigenvalue weighted by Crippen LogP contribution is -2.33. The number of nitrogens with zero attached hydrogens (tertiary/aromatic N) is 1. The zero-order valence-electron chi connectivity index (χ0n) is 10.5. The van der Waals surface area contributed by atoms with E-state index in [1.807, 2.05) is 13.8 Å². The predicted octanol–water partition coefficient (Wildman–Crippen LogP) is 0.315. The van der Waals surface area contributed by atoms with Crippen molar-refractivity contribution < 1.29 is 9.84 Å². The van der Waals surface area contributed by atoms with Gasteiger partial charge in [0.1, 0.15) is 0 Å². The van der Waals surface area contributed by atoms with Gasteiger partial charge in [-0.25, -0.2) is 0 Å². The van der Waals surface area contributed by atoms with E-state index < -0.39 is 5.60 Å². The maximum atomic E-state index is 9.48. The topological polar surface area (TPSA) is 44.7 Å². The Morgan fingerprint density at radius 1 is 1.27 bits per heavy atom. The molecule has 0 unspecified atom stereocenters. The molecule has 0 heterocycles. The molecule has 0 fully saturated rings. The van der Waals surface area contributed by atoms with E-state index in [0.29, 0.717) is 0 Å². The predicted molar refractivity (Wildman–Crippen MR) is 63.2 cm³/mol. The molecule has 0 saturated heterocycles. The van der Waals surface area contributed by atoms with Crippen molar-refractivity contribution in [3.05, 3.63) is 0 Å². The summed E-state index contributed by atoms with van der Waals surface area (Å²) in [7, 11) is 3.80. The fraction of sp³-hybridized carbons (Fsp3) is 1.00. The van der Waals surface area contributed by atoms with E-state index in [-0.39, 0.29) is 0 Å². The van der Waals surface area contributed by atoms with Gasteiger partial charge in [-0.15, -0.1) is 0 Å². The summed E-state index contributed by atoms with van der Waals surface area (Å²) < 4.78 is 4.99. The van der Waals surface area contributed by atoms with Crippen LogP contribution in [0.4, 0.5) is 0 Å². The second kappa shape index (κ2) is 8.05. The van der Waals surface area contributed by atoms with Crippen molar-refractivity contribution in [2.75, 3.05) is 46.9 Å². The third kappa shape index (κ3) is 11.8. The molecule has 0 radical (unpaired) electrons. The number of rotatable bonds is 9. The third-order valence-corrected chi connectivity index (χ3v) is 2.26. The lowest BCUT2D eigenvalue weighted by molar-refractivity contribution is 0.0710. The maximum Gasteiger partial charge on any atom is 0.0603 e. The van der Waals surface area contributed by atoms with E-state index in [4.69, 9.17) is 4.74 Å². The summed E-state index contributed by atoms with van der Waals surface area (Å²) in [6, 6.07) is 0. The SMILES string of the molecule is COCCN(C)CCNCCC(C)(C)O. The Labute approximate surface area is 93.6 Å². The van der Waals surface area contributed by atoms with Gasteiger partial charge in [-0.2, -0.15) is 0 Å². The largest absolute Gasteiger partial charge is 0.390 e. The Balaban J connectivity index is 3.23. The minimum absolute atomic E-state index is 0.561. The molecule has 0 amide bonds. The first kappa shape index (κ1) is 14.8. The van der Waals surface area contributed by atoms with Crippen LogP contribution in [-0.4, -0.2) is 62.6 Å². The molecule has 0 aliphatic carbocycles. The Kier molecular flexibility index (Phi) is 7.96. The molecule has 0 aromatic rings. The molecule has 4 heteroatoms. The van der Waals surface area contributed by atoms with Gasteiger partial charge in [0.05, 0.1) is 12.2 Å². The van der Waals surface area contributed by atoms with Crippen LogP contribution in [0.2, 0.25) is 0 Å². The molecule has 0 aliphatic heterocycles. The summed E-state index contributed by atoms with van der Waals surface area (Å²) in [5, 5.41) is 12.8. The number of aliphatic hydroxyl groups is 1. The van der Waals surface area contributed by atoms with Gasteiger partial charge in [-0.05, 0) is 33.9 Å². The summed E-state index contributed by atoms with van der Waals surface area (Å²) in [5.74, 6) is 0. The van der Waals surface area contributed by atoms with Gasteiger partial charge in [0.15, 0.2) is 0 Å². The summed E-state index contributed by atoms with van der Waals surface area (Å²) in [5.41, 5.74) is -0.561. The molecule has 0 saturated carbocycles. The van der Waals surface area contributed by atoms with Gasteiger partial charge < -0.3 is 20.1 Å². The molecular weight excluding hydrogens is 192 g/mol. The van der Waals surface area contributed by atoms with E-state index in [9.17, 15) is 5.11 Å². The third-order valence-electron chi connectivity index (χ3n) is 2.26. The summed E-state index contributed by atoms with van der Waals surface area (Å²) in [4.78, 5) is 2.22. The summed E-state index contributed by atoms with van der Waals surface area (Å²) in [6.07, 6.45) is 0.786. The molecule has 0 aromatic heterocycles. The average Bonchev–Trinajstić information content (AvgIpc) is 2.12. The zero-order valence-corrected chi connectivity index (χ0v) is 10.5. The molecule has 0 rings (SSSR count). The first-order valence-electron chi connectivity index (χ1n) is 5.56. The van der Waals surface area contributed by atoms with E-state index >= 15 is 0 Å². The van der Waals surface area contributed by atoms with E-state index in [0.717, 1.165) is 39.2 Å². The van der Waals surface area contributed by atoms with Crippen LogP contribution in [0.1, 0.15) is 20.3 Å². The number of nitrogens with one attached hydrogen (secondary N) is 1. The van der Waals surface area contributed by atoms with E-state index in [1.165, 1.54) is 0 Å². The molecule has 0 spiro atoms. The van der Waals surface area contributed by atoms with Crippen LogP contribution in [0, 0.1) is 0 Å². The second-order valence-electron chi connectivity index (χ2n) is 4.61. The fourth-order valence-electron chi connectivity index (χ4n) is 1.15. The highest BCUT2D eigenvalue weighted by Crippen LogP contribution is 2.04. The van der Waals surface area contributed by atoms with Gasteiger partial charge >= 0.3 is 0 Å². The number of likely N-dealkylation sites (N-methyl/N-ethyl adjacent to an activating group) is 1. The Hall–Kier alpha value is -0.160. The lowest BCUT2D eigenvalue weighted by atomic mass is 10.1. The summed E-state index contributed by atoms with van der Waals surface area (Å²) in [6.45, 7) is 8.23. The van der Waals surface area contributed by atoms with Gasteiger partial charge in [0.25, 0.3) is 0 Å². The molecule has 0 bridgehead atoms. The number of hydrogen-bond acceptors (Lipinski definition) is 4. The summed E-state index contributed by atoms with van der Waals surface area (Å²) >= 11 is 0. The highest BCUT2D eigenvalue weighted by atomic mass is 16.5. The van der Waals surface area contributed by atoms with Crippen molar-refractivity contribution in [3.63, 3.8) is 0 Å². The van der Waals surface area contributed by atoms with Crippen LogP contribution in [0.3, 0.4) is 0 Å². The monoisotopic (exact) mass is 218 g/mol. The molecule has 15 heavy (non-hydrogen) atoms. The molecule has 0 aromatic carbocycles. The van der Waals surface area contributed by atoms with Gasteiger partial charge in [-0.3, -0.25) is 0 Å². The average molecular weight is 218 g/mol. The van der Waals surface area contributed by atoms with Crippen LogP contribution in [0.15, 0.2) is 0 Å². The number of hydrogen-bond donors (Lipinski definition) is 2. The van der Waals surface area contributed by atoms with Crippen LogP contribution < -0.4 is 5.32 Å². The van der Waals surface area contributed by atoms with Gasteiger partial charge in [0.2, 0.25) is 0 Å². The normalized spacial score (nSPS) is 12.4. The van der Waals surface area contributed by atoms with Crippen molar-refractivity contribution in [2.24, 2.45) is 0 Å². The minimum Gasteiger partial charge on any atom is -0.390 e. The fourth-order valence-corrected chi connectivity index (χ4v) is 1.15. The van der Waals surface area contributed by atoms with Crippen LogP contribution in [0.25, 0.3) is 0 Å². The van der Waals surface area contributed by atoms with Crippen LogP contribution in [-0.2, 0) is 4.74 Å². The Morgan fingerprint density at radius 2 is 1.93 bits per heavy atom. The van der Waals surface area contributed by atoms with Gasteiger partial charge in [-0.1, -0.05) is 0 Å². The van der Waals surface area contributed by atoms with E-state index in [2.05, 4.69) is 17.3 Å². The van der Waals surface area contributed by atoms with Crippen molar-refractivity contribution in [1.82, 2.24) is 10.2 Å². The Bertz CT molecular complexity index is 146. The number of methoxy groups -OCH3 is 1. The van der Waals surface area contributed by atoms with Crippen molar-refractivity contribution in [2.45, 2.75) is 25.9 Å². The first-order chi connectivity index (χ1) is 6.95. The van der Waals surface area contributed by atoms with Crippen molar-refractivity contribution >= 4 is 0 Å². The standard InChI is InChI=1S/C11H26N2O2/c1-11(2,14)5-6-12-7-8-13(3)9-10-15-4/h12,14H,5-10H2,1-4H3.